The maximum atomic E-state index is 12.8. The molecule has 1 fully saturated rings. The van der Waals surface area contributed by atoms with Gasteiger partial charge in [-0.15, -0.1) is 6.58 Å². The fourth-order valence-electron chi connectivity index (χ4n) is 3.31. The van der Waals surface area contributed by atoms with Crippen molar-refractivity contribution >= 4 is 46.8 Å². The molecule has 0 aromatic heterocycles. The number of halogens is 1. The summed E-state index contributed by atoms with van der Waals surface area (Å²) >= 11 is 11.3. The molecule has 1 saturated heterocycles. The van der Waals surface area contributed by atoms with Gasteiger partial charge in [0.2, 0.25) is 0 Å². The van der Waals surface area contributed by atoms with E-state index in [2.05, 4.69) is 11.9 Å². The lowest BCUT2D eigenvalue weighted by atomic mass is 10.0. The number of nitrogens with zero attached hydrogens (tertiary/aromatic N) is 1. The van der Waals surface area contributed by atoms with Gasteiger partial charge in [0, 0.05) is 17.1 Å². The van der Waals surface area contributed by atoms with Gasteiger partial charge >= 0.3 is 0 Å². The lowest BCUT2D eigenvalue weighted by Gasteiger charge is -2.27. The minimum absolute atomic E-state index is 0.0126. The first-order valence-corrected chi connectivity index (χ1v) is 10.6. The van der Waals surface area contributed by atoms with Crippen LogP contribution in [0.4, 0.5) is 0 Å². The highest BCUT2D eigenvalue weighted by Gasteiger charge is 2.32. The van der Waals surface area contributed by atoms with Gasteiger partial charge in [0.1, 0.15) is 23.7 Å². The number of hydrogen-bond acceptors (Lipinski definition) is 5. The van der Waals surface area contributed by atoms with E-state index < -0.39 is 11.8 Å². The lowest BCUT2D eigenvalue weighted by molar-refractivity contribution is -0.128. The van der Waals surface area contributed by atoms with Crippen LogP contribution in [0.15, 0.2) is 48.6 Å². The average molecular weight is 471 g/mol. The van der Waals surface area contributed by atoms with Crippen LogP contribution in [0.25, 0.3) is 6.08 Å². The van der Waals surface area contributed by atoms with Crippen molar-refractivity contribution in [3.05, 3.63) is 75.8 Å². The van der Waals surface area contributed by atoms with E-state index in [0.717, 1.165) is 16.7 Å². The molecule has 0 unspecified atom stereocenters. The molecule has 2 aromatic carbocycles. The molecule has 0 atom stereocenters. The van der Waals surface area contributed by atoms with E-state index >= 15 is 0 Å². The Kier molecular flexibility index (Phi) is 7.33. The van der Waals surface area contributed by atoms with Crippen molar-refractivity contribution < 1.29 is 19.1 Å². The third kappa shape index (κ3) is 5.00. The Hall–Kier alpha value is -3.16. The number of carbonyl (C=O) groups excluding carboxylic acids is 2. The molecular formula is C24H23ClN2O4S. The third-order valence-electron chi connectivity index (χ3n) is 4.92. The fourth-order valence-corrected chi connectivity index (χ4v) is 3.67. The fraction of sp³-hybridized carbons (Fsp3) is 0.208. The number of ether oxygens (including phenoxy) is 2. The van der Waals surface area contributed by atoms with Crippen LogP contribution in [0, 0.1) is 13.8 Å². The van der Waals surface area contributed by atoms with Gasteiger partial charge in [0.05, 0.1) is 7.11 Å². The van der Waals surface area contributed by atoms with Crippen molar-refractivity contribution in [1.29, 1.82) is 0 Å². The summed E-state index contributed by atoms with van der Waals surface area (Å²) in [4.78, 5) is 26.4. The second kappa shape index (κ2) is 9.97. The van der Waals surface area contributed by atoms with Crippen LogP contribution < -0.4 is 14.8 Å². The normalized spacial score (nSPS) is 15.1. The molecule has 0 radical (unpaired) electrons. The van der Waals surface area contributed by atoms with Gasteiger partial charge in [-0.2, -0.15) is 0 Å². The molecule has 0 aliphatic carbocycles. The zero-order valence-corrected chi connectivity index (χ0v) is 19.6. The van der Waals surface area contributed by atoms with Crippen LogP contribution in [0.5, 0.6) is 11.5 Å². The molecule has 0 spiro atoms. The Labute approximate surface area is 197 Å². The van der Waals surface area contributed by atoms with E-state index in [0.29, 0.717) is 22.1 Å². The van der Waals surface area contributed by atoms with Gasteiger partial charge in [-0.25, -0.2) is 0 Å². The van der Waals surface area contributed by atoms with Crippen molar-refractivity contribution in [2.75, 3.05) is 13.7 Å². The summed E-state index contributed by atoms with van der Waals surface area (Å²) in [6, 6.07) is 9.08. The van der Waals surface area contributed by atoms with Crippen LogP contribution in [-0.4, -0.2) is 35.5 Å². The summed E-state index contributed by atoms with van der Waals surface area (Å²) in [5.74, 6) is 0.300. The number of methoxy groups -OCH3 is 1. The SMILES string of the molecule is C=CCN1C(=O)/C(=C/c2ccc(OC)c(COc3cc(C)c(Cl)c(C)c3)c2)C(=O)NC1=S. The standard InChI is InChI=1S/C24H23ClN2O4S/c1-5-8-27-23(29)19(22(28)26-24(27)32)12-16-6-7-20(30-4)17(11-16)13-31-18-9-14(2)21(25)15(3)10-18/h5-7,9-12H,1,8,13H2,2-4H3,(H,26,28,32)/b19-12+. The van der Waals surface area contributed by atoms with Gasteiger partial charge in [-0.1, -0.05) is 23.7 Å². The van der Waals surface area contributed by atoms with Crippen LogP contribution in [0.3, 0.4) is 0 Å². The topological polar surface area (TPSA) is 67.9 Å². The third-order valence-corrected chi connectivity index (χ3v) is 5.84. The summed E-state index contributed by atoms with van der Waals surface area (Å²) in [7, 11) is 1.57. The molecule has 6 nitrogen and oxygen atoms in total. The van der Waals surface area contributed by atoms with E-state index in [1.54, 1.807) is 25.3 Å². The molecule has 1 aliphatic rings. The Balaban J connectivity index is 1.89. The average Bonchev–Trinajstić information content (AvgIpc) is 2.76. The Morgan fingerprint density at radius 1 is 1.19 bits per heavy atom. The van der Waals surface area contributed by atoms with E-state index in [9.17, 15) is 9.59 Å². The highest BCUT2D eigenvalue weighted by atomic mass is 35.5. The Morgan fingerprint density at radius 3 is 2.50 bits per heavy atom. The summed E-state index contributed by atoms with van der Waals surface area (Å²) in [5, 5.41) is 3.31. The zero-order chi connectivity index (χ0) is 23.4. The number of rotatable bonds is 7. The van der Waals surface area contributed by atoms with E-state index in [-0.39, 0.29) is 23.8 Å². The van der Waals surface area contributed by atoms with Crippen LogP contribution >= 0.6 is 23.8 Å². The van der Waals surface area contributed by atoms with Gasteiger partial charge < -0.3 is 9.47 Å². The summed E-state index contributed by atoms with van der Waals surface area (Å²) in [6.45, 7) is 7.90. The molecule has 1 aliphatic heterocycles. The van der Waals surface area contributed by atoms with Gasteiger partial charge in [0.25, 0.3) is 11.8 Å². The van der Waals surface area contributed by atoms with Crippen LogP contribution in [0.1, 0.15) is 22.3 Å². The predicted molar refractivity (Wildman–Crippen MR) is 129 cm³/mol. The number of carbonyl (C=O) groups is 2. The largest absolute Gasteiger partial charge is 0.496 e. The molecule has 8 heteroatoms. The van der Waals surface area contributed by atoms with Crippen molar-refractivity contribution in [2.24, 2.45) is 0 Å². The van der Waals surface area contributed by atoms with Crippen LogP contribution in [-0.2, 0) is 16.2 Å². The van der Waals surface area contributed by atoms with E-state index in [1.807, 2.05) is 32.0 Å². The lowest BCUT2D eigenvalue weighted by Crippen LogP contribution is -2.53. The van der Waals surface area contributed by atoms with Gasteiger partial charge in [-0.05, 0) is 73.1 Å². The number of aryl methyl sites for hydroxylation is 2. The zero-order valence-electron chi connectivity index (χ0n) is 18.0. The van der Waals surface area contributed by atoms with Crippen molar-refractivity contribution in [3.8, 4) is 11.5 Å². The summed E-state index contributed by atoms with van der Waals surface area (Å²) in [6.07, 6.45) is 3.07. The molecule has 2 amide bonds. The minimum atomic E-state index is -0.541. The van der Waals surface area contributed by atoms with Crippen LogP contribution in [0.2, 0.25) is 5.02 Å². The Morgan fingerprint density at radius 2 is 1.88 bits per heavy atom. The molecule has 1 heterocycles. The second-order valence-corrected chi connectivity index (χ2v) is 8.02. The first-order chi connectivity index (χ1) is 15.2. The van der Waals surface area contributed by atoms with E-state index in [4.69, 9.17) is 33.3 Å². The van der Waals surface area contributed by atoms with Crippen molar-refractivity contribution in [1.82, 2.24) is 10.2 Å². The second-order valence-electron chi connectivity index (χ2n) is 7.25. The maximum Gasteiger partial charge on any atom is 0.265 e. The Bertz CT molecular complexity index is 1120. The number of nitrogens with one attached hydrogen (secondary N) is 1. The van der Waals surface area contributed by atoms with Gasteiger partial charge in [-0.3, -0.25) is 19.8 Å². The number of thiocarbonyl (C=S) groups is 1. The summed E-state index contributed by atoms with van der Waals surface area (Å²) < 4.78 is 11.4. The molecule has 3 rings (SSSR count). The highest BCUT2D eigenvalue weighted by Crippen LogP contribution is 2.28. The number of amides is 2. The molecule has 166 valence electrons. The van der Waals surface area contributed by atoms with Gasteiger partial charge in [0.15, 0.2) is 5.11 Å². The van der Waals surface area contributed by atoms with Crippen molar-refractivity contribution in [2.45, 2.75) is 20.5 Å². The molecule has 2 aromatic rings. The van der Waals surface area contributed by atoms with E-state index in [1.165, 1.54) is 11.0 Å². The molecule has 1 N–H and O–H groups in total. The molecular weight excluding hydrogens is 448 g/mol. The quantitative estimate of drug-likeness (QED) is 0.282. The monoisotopic (exact) mass is 470 g/mol. The molecule has 0 saturated carbocycles. The number of benzene rings is 2. The first-order valence-electron chi connectivity index (χ1n) is 9.81. The first kappa shape index (κ1) is 23.5. The highest BCUT2D eigenvalue weighted by molar-refractivity contribution is 7.80. The maximum absolute atomic E-state index is 12.8. The van der Waals surface area contributed by atoms with Crippen molar-refractivity contribution in [3.63, 3.8) is 0 Å². The summed E-state index contributed by atoms with van der Waals surface area (Å²) in [5.41, 5.74) is 3.25. The molecule has 32 heavy (non-hydrogen) atoms. The predicted octanol–water partition coefficient (Wildman–Crippen LogP) is 4.36. The minimum Gasteiger partial charge on any atom is -0.496 e. The molecule has 0 bridgehead atoms. The number of hydrogen-bond donors (Lipinski definition) is 1. The smallest absolute Gasteiger partial charge is 0.265 e.